The third kappa shape index (κ3) is 3.50. The molecule has 0 saturated heterocycles. The molecule has 6 nitrogen and oxygen atoms in total. The quantitative estimate of drug-likeness (QED) is 0.417. The third-order valence-corrected chi connectivity index (χ3v) is 6.16. The fourth-order valence-electron chi connectivity index (χ4n) is 4.50. The summed E-state index contributed by atoms with van der Waals surface area (Å²) in [6, 6.07) is 17.6. The van der Waals surface area contributed by atoms with Crippen LogP contribution in [0, 0.1) is 5.82 Å². The number of fused-ring (bicyclic) bond motifs is 2. The van der Waals surface area contributed by atoms with E-state index in [1.165, 1.54) is 11.0 Å². The number of benzene rings is 3. The third-order valence-electron chi connectivity index (χ3n) is 6.16. The largest absolute Gasteiger partial charge is 0.493 e. The minimum absolute atomic E-state index is 0.0377. The fourth-order valence-corrected chi connectivity index (χ4v) is 4.50. The van der Waals surface area contributed by atoms with Crippen LogP contribution in [0.2, 0.25) is 0 Å². The van der Waals surface area contributed by atoms with E-state index in [1.807, 2.05) is 12.1 Å². The predicted molar refractivity (Wildman–Crippen MR) is 125 cm³/mol. The van der Waals surface area contributed by atoms with E-state index in [9.17, 15) is 14.0 Å². The Kier molecular flexibility index (Phi) is 5.53. The Bertz CT molecular complexity index is 1460. The summed E-state index contributed by atoms with van der Waals surface area (Å²) in [5, 5.41) is 0.358. The Morgan fingerprint density at radius 2 is 1.68 bits per heavy atom. The highest BCUT2D eigenvalue weighted by Crippen LogP contribution is 2.39. The first kappa shape index (κ1) is 21.7. The molecule has 1 aliphatic heterocycles. The van der Waals surface area contributed by atoms with Crippen LogP contribution >= 0.6 is 0 Å². The molecule has 34 heavy (non-hydrogen) atoms. The zero-order valence-electron chi connectivity index (χ0n) is 18.7. The van der Waals surface area contributed by atoms with E-state index in [0.717, 1.165) is 5.56 Å². The van der Waals surface area contributed by atoms with Gasteiger partial charge in [-0.1, -0.05) is 36.4 Å². The number of rotatable bonds is 6. The van der Waals surface area contributed by atoms with Crippen LogP contribution in [0.3, 0.4) is 0 Å². The molecule has 0 saturated carbocycles. The van der Waals surface area contributed by atoms with E-state index < -0.39 is 17.8 Å². The molecule has 0 radical (unpaired) electrons. The highest BCUT2D eigenvalue weighted by Gasteiger charge is 2.43. The standard InChI is InChI=1S/C27H22FNO5/c1-32-21-12-11-16(15-22(21)33-2)13-14-29-24(17-7-3-5-9-19(17)28)23-25(30)18-8-4-6-10-20(18)34-26(23)27(29)31/h3-12,15,24H,13-14H2,1-2H3. The average Bonchev–Trinajstić information content (AvgIpc) is 3.14. The molecular weight excluding hydrogens is 437 g/mol. The lowest BCUT2D eigenvalue weighted by molar-refractivity contribution is 0.0728. The molecule has 1 aliphatic rings. The number of amides is 1. The number of ether oxygens (including phenoxy) is 2. The molecule has 0 N–H and O–H groups in total. The van der Waals surface area contributed by atoms with Gasteiger partial charge in [-0.25, -0.2) is 4.39 Å². The number of carbonyl (C=O) groups is 1. The van der Waals surface area contributed by atoms with Crippen molar-refractivity contribution in [3.05, 3.63) is 105 Å². The van der Waals surface area contributed by atoms with Crippen molar-refractivity contribution in [2.75, 3.05) is 20.8 Å². The maximum atomic E-state index is 14.9. The maximum Gasteiger partial charge on any atom is 0.290 e. The monoisotopic (exact) mass is 459 g/mol. The van der Waals surface area contributed by atoms with Gasteiger partial charge in [0.2, 0.25) is 5.76 Å². The molecule has 172 valence electrons. The highest BCUT2D eigenvalue weighted by atomic mass is 19.1. The van der Waals surface area contributed by atoms with Crippen molar-refractivity contribution >= 4 is 16.9 Å². The molecule has 2 heterocycles. The Morgan fingerprint density at radius 1 is 0.941 bits per heavy atom. The van der Waals surface area contributed by atoms with E-state index in [1.54, 1.807) is 62.8 Å². The molecule has 0 aliphatic carbocycles. The van der Waals surface area contributed by atoms with E-state index >= 15 is 0 Å². The van der Waals surface area contributed by atoms with E-state index in [-0.39, 0.29) is 28.9 Å². The summed E-state index contributed by atoms with van der Waals surface area (Å²) in [4.78, 5) is 28.4. The van der Waals surface area contributed by atoms with Crippen molar-refractivity contribution in [3.8, 4) is 11.5 Å². The average molecular weight is 459 g/mol. The van der Waals surface area contributed by atoms with Crippen LogP contribution < -0.4 is 14.9 Å². The lowest BCUT2D eigenvalue weighted by Crippen LogP contribution is -2.32. The van der Waals surface area contributed by atoms with Crippen molar-refractivity contribution in [1.29, 1.82) is 0 Å². The highest BCUT2D eigenvalue weighted by molar-refractivity contribution is 5.99. The molecule has 1 atom stereocenters. The number of carbonyl (C=O) groups excluding carboxylic acids is 1. The second kappa shape index (κ2) is 8.67. The van der Waals surface area contributed by atoms with Crippen LogP contribution in [-0.4, -0.2) is 31.6 Å². The zero-order chi connectivity index (χ0) is 23.8. The summed E-state index contributed by atoms with van der Waals surface area (Å²) in [7, 11) is 3.11. The van der Waals surface area contributed by atoms with Gasteiger partial charge in [0.15, 0.2) is 16.9 Å². The number of halogens is 1. The molecule has 1 aromatic heterocycles. The normalized spacial score (nSPS) is 15.0. The van der Waals surface area contributed by atoms with Crippen LogP contribution in [0.15, 0.2) is 75.9 Å². The van der Waals surface area contributed by atoms with Gasteiger partial charge in [0.25, 0.3) is 5.91 Å². The number of hydrogen-bond donors (Lipinski definition) is 0. The molecule has 7 heteroatoms. The van der Waals surface area contributed by atoms with Crippen LogP contribution in [0.5, 0.6) is 11.5 Å². The van der Waals surface area contributed by atoms with Gasteiger partial charge in [0.05, 0.1) is 31.2 Å². The van der Waals surface area contributed by atoms with Crippen molar-refractivity contribution in [2.45, 2.75) is 12.5 Å². The van der Waals surface area contributed by atoms with E-state index in [2.05, 4.69) is 0 Å². The summed E-state index contributed by atoms with van der Waals surface area (Å²) in [5.74, 6) is 0.207. The summed E-state index contributed by atoms with van der Waals surface area (Å²) in [6.07, 6.45) is 0.457. The Labute approximate surface area is 195 Å². The minimum Gasteiger partial charge on any atom is -0.493 e. The predicted octanol–water partition coefficient (Wildman–Crippen LogP) is 4.74. The first-order chi connectivity index (χ1) is 16.5. The molecule has 4 aromatic rings. The second-order valence-corrected chi connectivity index (χ2v) is 8.03. The molecule has 0 spiro atoms. The molecule has 0 bridgehead atoms. The molecular formula is C27H22FNO5. The lowest BCUT2D eigenvalue weighted by atomic mass is 9.98. The molecule has 3 aromatic carbocycles. The van der Waals surface area contributed by atoms with Crippen molar-refractivity contribution in [1.82, 2.24) is 4.90 Å². The molecule has 1 amide bonds. The van der Waals surface area contributed by atoms with Crippen molar-refractivity contribution in [2.24, 2.45) is 0 Å². The molecule has 5 rings (SSSR count). The van der Waals surface area contributed by atoms with E-state index in [0.29, 0.717) is 28.9 Å². The second-order valence-electron chi connectivity index (χ2n) is 8.03. The number of para-hydroxylation sites is 1. The van der Waals surface area contributed by atoms with Gasteiger partial charge in [-0.2, -0.15) is 0 Å². The van der Waals surface area contributed by atoms with Crippen molar-refractivity contribution in [3.63, 3.8) is 0 Å². The Balaban J connectivity index is 1.59. The van der Waals surface area contributed by atoms with Gasteiger partial charge >= 0.3 is 0 Å². The van der Waals surface area contributed by atoms with Gasteiger partial charge in [-0.05, 0) is 42.3 Å². The van der Waals surface area contributed by atoms with Crippen LogP contribution in [0.1, 0.15) is 33.3 Å². The summed E-state index contributed by atoms with van der Waals surface area (Å²) in [6.45, 7) is 0.243. The van der Waals surface area contributed by atoms with Gasteiger partial charge in [-0.3, -0.25) is 9.59 Å². The number of methoxy groups -OCH3 is 2. The van der Waals surface area contributed by atoms with Crippen LogP contribution in [0.25, 0.3) is 11.0 Å². The molecule has 1 unspecified atom stereocenters. The minimum atomic E-state index is -0.885. The van der Waals surface area contributed by atoms with Crippen molar-refractivity contribution < 1.29 is 23.1 Å². The Morgan fingerprint density at radius 3 is 2.44 bits per heavy atom. The van der Waals surface area contributed by atoms with Gasteiger partial charge in [0, 0.05) is 12.1 Å². The number of nitrogens with zero attached hydrogens (tertiary/aromatic N) is 1. The topological polar surface area (TPSA) is 69.0 Å². The van der Waals surface area contributed by atoms with Gasteiger partial charge in [-0.15, -0.1) is 0 Å². The fraction of sp³-hybridized carbons (Fsp3) is 0.185. The smallest absolute Gasteiger partial charge is 0.290 e. The number of hydrogen-bond acceptors (Lipinski definition) is 5. The molecule has 0 fully saturated rings. The zero-order valence-corrected chi connectivity index (χ0v) is 18.7. The summed E-state index contributed by atoms with van der Waals surface area (Å²) in [5.41, 5.74) is 1.32. The summed E-state index contributed by atoms with van der Waals surface area (Å²) < 4.78 is 31.5. The van der Waals surface area contributed by atoms with Gasteiger partial charge < -0.3 is 18.8 Å². The van der Waals surface area contributed by atoms with Crippen LogP contribution in [-0.2, 0) is 6.42 Å². The van der Waals surface area contributed by atoms with Crippen LogP contribution in [0.4, 0.5) is 4.39 Å². The maximum absolute atomic E-state index is 14.9. The summed E-state index contributed by atoms with van der Waals surface area (Å²) >= 11 is 0. The lowest BCUT2D eigenvalue weighted by Gasteiger charge is -2.25. The first-order valence-corrected chi connectivity index (χ1v) is 10.9. The Hall–Kier alpha value is -4.13. The SMILES string of the molecule is COc1ccc(CCN2C(=O)c3oc4ccccc4c(=O)c3C2c2ccccc2F)cc1OC. The first-order valence-electron chi connectivity index (χ1n) is 10.9. The van der Waals surface area contributed by atoms with Gasteiger partial charge in [0.1, 0.15) is 11.4 Å². The van der Waals surface area contributed by atoms with E-state index in [4.69, 9.17) is 13.9 Å².